The third-order valence-electron chi connectivity index (χ3n) is 9.41. The molecule has 4 heteroatoms. The van der Waals surface area contributed by atoms with Crippen molar-refractivity contribution in [2.45, 2.75) is 37.5 Å². The second-order valence-electron chi connectivity index (χ2n) is 11.9. The van der Waals surface area contributed by atoms with Gasteiger partial charge in [-0.25, -0.2) is 9.97 Å². The van der Waals surface area contributed by atoms with Crippen molar-refractivity contribution in [2.24, 2.45) is 0 Å². The SMILES string of the molecule is N#Cc1ccc2c(c1)C1(CCCCC1)c1c(-c3cc(-c4ccc(-c5cccnc5)cc4)nc(-c4ccccc4)n3)cccc1-2. The van der Waals surface area contributed by atoms with E-state index >= 15 is 0 Å². The number of hydrogen-bond acceptors (Lipinski definition) is 4. The van der Waals surface area contributed by atoms with Crippen molar-refractivity contribution >= 4 is 0 Å². The van der Waals surface area contributed by atoms with E-state index in [-0.39, 0.29) is 5.41 Å². The molecule has 0 unspecified atom stereocenters. The molecule has 6 aromatic rings. The minimum atomic E-state index is -0.115. The summed E-state index contributed by atoms with van der Waals surface area (Å²) in [6, 6.07) is 40.3. The molecule has 8 rings (SSSR count). The number of rotatable bonds is 4. The van der Waals surface area contributed by atoms with Crippen LogP contribution in [-0.4, -0.2) is 15.0 Å². The summed E-state index contributed by atoms with van der Waals surface area (Å²) in [6.45, 7) is 0. The lowest BCUT2D eigenvalue weighted by molar-refractivity contribution is 0.353. The largest absolute Gasteiger partial charge is 0.264 e. The molecule has 4 nitrogen and oxygen atoms in total. The van der Waals surface area contributed by atoms with Crippen LogP contribution in [0.4, 0.5) is 0 Å². The van der Waals surface area contributed by atoms with Gasteiger partial charge in [-0.2, -0.15) is 5.26 Å². The highest BCUT2D eigenvalue weighted by atomic mass is 14.9. The van der Waals surface area contributed by atoms with Crippen LogP contribution in [-0.2, 0) is 5.41 Å². The second kappa shape index (κ2) is 10.7. The Morgan fingerprint density at radius 3 is 2.11 bits per heavy atom. The van der Waals surface area contributed by atoms with E-state index in [1.54, 1.807) is 6.20 Å². The number of nitriles is 1. The third-order valence-corrected chi connectivity index (χ3v) is 9.41. The van der Waals surface area contributed by atoms with Gasteiger partial charge >= 0.3 is 0 Å². The Bertz CT molecular complexity index is 2030. The van der Waals surface area contributed by atoms with Gasteiger partial charge in [0.1, 0.15) is 0 Å². The van der Waals surface area contributed by atoms with Gasteiger partial charge in [-0.3, -0.25) is 4.98 Å². The lowest BCUT2D eigenvalue weighted by atomic mass is 9.66. The van der Waals surface area contributed by atoms with E-state index in [2.05, 4.69) is 89.9 Å². The summed E-state index contributed by atoms with van der Waals surface area (Å²) in [7, 11) is 0. The van der Waals surface area contributed by atoms with Crippen LogP contribution in [0.2, 0.25) is 0 Å². The van der Waals surface area contributed by atoms with Gasteiger partial charge in [-0.1, -0.05) is 104 Å². The highest BCUT2D eigenvalue weighted by molar-refractivity contribution is 5.89. The molecule has 0 N–H and O–H groups in total. The van der Waals surface area contributed by atoms with E-state index in [0.29, 0.717) is 5.82 Å². The molecule has 0 radical (unpaired) electrons. The van der Waals surface area contributed by atoms with Crippen molar-refractivity contribution in [1.29, 1.82) is 5.26 Å². The Kier molecular flexibility index (Phi) is 6.38. The molecule has 0 aliphatic heterocycles. The predicted octanol–water partition coefficient (Wildman–Crippen LogP) is 9.64. The van der Waals surface area contributed by atoms with Gasteiger partial charge in [0.15, 0.2) is 5.82 Å². The summed E-state index contributed by atoms with van der Waals surface area (Å²) < 4.78 is 0. The minimum Gasteiger partial charge on any atom is -0.264 e. The normalized spacial score (nSPS) is 14.5. The summed E-state index contributed by atoms with van der Waals surface area (Å²) in [5, 5.41) is 9.79. The summed E-state index contributed by atoms with van der Waals surface area (Å²) in [5.74, 6) is 0.715. The maximum absolute atomic E-state index is 9.79. The number of benzene rings is 4. The quantitative estimate of drug-likeness (QED) is 0.213. The molecule has 2 heterocycles. The molecule has 2 aliphatic carbocycles. The molecule has 0 saturated heterocycles. The zero-order chi connectivity index (χ0) is 29.5. The molecule has 0 amide bonds. The molecule has 1 spiro atoms. The maximum Gasteiger partial charge on any atom is 0.160 e. The van der Waals surface area contributed by atoms with Crippen molar-refractivity contribution in [2.75, 3.05) is 0 Å². The summed E-state index contributed by atoms with van der Waals surface area (Å²) in [4.78, 5) is 14.6. The predicted molar refractivity (Wildman–Crippen MR) is 176 cm³/mol. The molecule has 210 valence electrons. The molecule has 1 fully saturated rings. The Morgan fingerprint density at radius 2 is 1.34 bits per heavy atom. The minimum absolute atomic E-state index is 0.115. The topological polar surface area (TPSA) is 62.5 Å². The van der Waals surface area contributed by atoms with E-state index in [1.165, 1.54) is 41.5 Å². The van der Waals surface area contributed by atoms with Crippen molar-refractivity contribution in [3.63, 3.8) is 0 Å². The fourth-order valence-corrected chi connectivity index (χ4v) is 7.38. The summed E-state index contributed by atoms with van der Waals surface area (Å²) >= 11 is 0. The maximum atomic E-state index is 9.79. The zero-order valence-electron chi connectivity index (χ0n) is 24.4. The van der Waals surface area contributed by atoms with Crippen molar-refractivity contribution < 1.29 is 0 Å². The van der Waals surface area contributed by atoms with Gasteiger partial charge < -0.3 is 0 Å². The van der Waals surface area contributed by atoms with Crippen LogP contribution in [0.3, 0.4) is 0 Å². The molecule has 2 aromatic heterocycles. The Labute approximate surface area is 257 Å². The van der Waals surface area contributed by atoms with E-state index in [0.717, 1.165) is 57.6 Å². The fraction of sp³-hybridized carbons (Fsp3) is 0.150. The van der Waals surface area contributed by atoms with Crippen molar-refractivity contribution in [3.05, 3.63) is 138 Å². The summed E-state index contributed by atoms with van der Waals surface area (Å²) in [6.07, 6.45) is 9.45. The van der Waals surface area contributed by atoms with Gasteiger partial charge in [-0.15, -0.1) is 0 Å². The lowest BCUT2D eigenvalue weighted by Crippen LogP contribution is -2.29. The molecular weight excluding hydrogens is 536 g/mol. The Hall–Kier alpha value is -5.40. The zero-order valence-corrected chi connectivity index (χ0v) is 24.4. The Morgan fingerprint density at radius 1 is 0.591 bits per heavy atom. The van der Waals surface area contributed by atoms with Crippen LogP contribution in [0.15, 0.2) is 122 Å². The first-order valence-corrected chi connectivity index (χ1v) is 15.4. The van der Waals surface area contributed by atoms with E-state index in [1.807, 2.05) is 36.5 Å². The van der Waals surface area contributed by atoms with Crippen LogP contribution in [0.1, 0.15) is 48.8 Å². The monoisotopic (exact) mass is 566 g/mol. The first-order valence-electron chi connectivity index (χ1n) is 15.4. The number of nitrogens with zero attached hydrogens (tertiary/aromatic N) is 4. The average molecular weight is 567 g/mol. The smallest absolute Gasteiger partial charge is 0.160 e. The van der Waals surface area contributed by atoms with Crippen LogP contribution >= 0.6 is 0 Å². The molecule has 0 atom stereocenters. The Balaban J connectivity index is 1.32. The van der Waals surface area contributed by atoms with Crippen LogP contribution in [0, 0.1) is 11.3 Å². The van der Waals surface area contributed by atoms with Crippen LogP contribution < -0.4 is 0 Å². The van der Waals surface area contributed by atoms with Gasteiger partial charge in [0, 0.05) is 34.5 Å². The van der Waals surface area contributed by atoms with Gasteiger partial charge in [0.25, 0.3) is 0 Å². The van der Waals surface area contributed by atoms with Crippen LogP contribution in [0.25, 0.3) is 56.2 Å². The third kappa shape index (κ3) is 4.32. The highest BCUT2D eigenvalue weighted by Crippen LogP contribution is 2.58. The van der Waals surface area contributed by atoms with E-state index < -0.39 is 0 Å². The standard InChI is InChI=1S/C40H30N4/c41-25-27-14-19-32-33-12-7-13-34(38(33)40(35(32)23-27)20-5-2-6-21-40)37-24-36(43-39(44-37)30-9-3-1-4-10-30)29-17-15-28(16-18-29)31-11-8-22-42-26-31/h1,3-4,7-19,22-24,26H,2,5-6,20-21H2. The molecule has 4 aromatic carbocycles. The number of aromatic nitrogens is 3. The molecule has 0 bridgehead atoms. The van der Waals surface area contributed by atoms with E-state index in [4.69, 9.17) is 9.97 Å². The average Bonchev–Trinajstić information content (AvgIpc) is 3.37. The molecule has 1 saturated carbocycles. The fourth-order valence-electron chi connectivity index (χ4n) is 7.38. The number of fused-ring (bicyclic) bond motifs is 5. The molecule has 44 heavy (non-hydrogen) atoms. The first kappa shape index (κ1) is 26.2. The van der Waals surface area contributed by atoms with Crippen molar-refractivity contribution in [3.8, 4) is 62.2 Å². The second-order valence-corrected chi connectivity index (χ2v) is 11.9. The summed E-state index contributed by atoms with van der Waals surface area (Å²) in [5.41, 5.74) is 13.0. The van der Waals surface area contributed by atoms with Gasteiger partial charge in [-0.05, 0) is 70.5 Å². The first-order chi connectivity index (χ1) is 21.7. The van der Waals surface area contributed by atoms with Gasteiger partial charge in [0.2, 0.25) is 0 Å². The highest BCUT2D eigenvalue weighted by Gasteiger charge is 2.45. The molecular formula is C40H30N4. The molecule has 2 aliphatic rings. The number of hydrogen-bond donors (Lipinski definition) is 0. The lowest BCUT2D eigenvalue weighted by Gasteiger charge is -2.37. The number of pyridine rings is 1. The van der Waals surface area contributed by atoms with Crippen LogP contribution in [0.5, 0.6) is 0 Å². The van der Waals surface area contributed by atoms with Crippen molar-refractivity contribution in [1.82, 2.24) is 15.0 Å². The van der Waals surface area contributed by atoms with Gasteiger partial charge in [0.05, 0.1) is 23.0 Å². The van der Waals surface area contributed by atoms with E-state index in [9.17, 15) is 5.26 Å².